The normalized spacial score (nSPS) is 18.5. The number of hydrogen-bond donors (Lipinski definition) is 1. The van der Waals surface area contributed by atoms with Gasteiger partial charge in [-0.25, -0.2) is 0 Å². The molecule has 94 valence electrons. The highest BCUT2D eigenvalue weighted by Gasteiger charge is 2.22. The van der Waals surface area contributed by atoms with Crippen LogP contribution in [0.4, 0.5) is 0 Å². The van der Waals surface area contributed by atoms with Crippen molar-refractivity contribution in [3.05, 3.63) is 35.4 Å². The van der Waals surface area contributed by atoms with Crippen LogP contribution in [0, 0.1) is 5.92 Å². The van der Waals surface area contributed by atoms with E-state index in [1.165, 1.54) is 36.8 Å². The van der Waals surface area contributed by atoms with Crippen LogP contribution >= 0.6 is 0 Å². The van der Waals surface area contributed by atoms with Crippen LogP contribution < -0.4 is 5.73 Å². The van der Waals surface area contributed by atoms with Crippen LogP contribution in [0.5, 0.6) is 0 Å². The molecular weight excluding hydrogens is 210 g/mol. The van der Waals surface area contributed by atoms with Gasteiger partial charge in [0, 0.05) is 13.2 Å². The Labute approximate surface area is 104 Å². The molecule has 1 aliphatic carbocycles. The Morgan fingerprint density at radius 3 is 2.47 bits per heavy atom. The molecule has 2 nitrogen and oxygen atoms in total. The topological polar surface area (TPSA) is 35.2 Å². The van der Waals surface area contributed by atoms with E-state index in [1.54, 1.807) is 7.11 Å². The summed E-state index contributed by atoms with van der Waals surface area (Å²) in [5, 5.41) is 0. The molecule has 0 aromatic heterocycles. The van der Waals surface area contributed by atoms with Gasteiger partial charge >= 0.3 is 0 Å². The van der Waals surface area contributed by atoms with Crippen molar-refractivity contribution in [1.82, 2.24) is 0 Å². The minimum atomic E-state index is 0.231. The van der Waals surface area contributed by atoms with Crippen molar-refractivity contribution >= 4 is 0 Å². The van der Waals surface area contributed by atoms with Crippen molar-refractivity contribution < 1.29 is 4.74 Å². The maximum absolute atomic E-state index is 6.33. The maximum atomic E-state index is 6.33. The summed E-state index contributed by atoms with van der Waals surface area (Å²) < 4.78 is 5.08. The van der Waals surface area contributed by atoms with Crippen molar-refractivity contribution in [2.45, 2.75) is 38.1 Å². The molecule has 1 atom stereocenters. The van der Waals surface area contributed by atoms with Gasteiger partial charge < -0.3 is 10.5 Å². The van der Waals surface area contributed by atoms with Crippen molar-refractivity contribution in [2.24, 2.45) is 11.7 Å². The van der Waals surface area contributed by atoms with Gasteiger partial charge in [-0.3, -0.25) is 0 Å². The fourth-order valence-electron chi connectivity index (χ4n) is 2.72. The Kier molecular flexibility index (Phi) is 4.57. The lowest BCUT2D eigenvalue weighted by Crippen LogP contribution is -2.19. The predicted molar refractivity (Wildman–Crippen MR) is 70.9 cm³/mol. The van der Waals surface area contributed by atoms with Crippen molar-refractivity contribution in [3.8, 4) is 0 Å². The first-order chi connectivity index (χ1) is 8.31. The van der Waals surface area contributed by atoms with Crippen LogP contribution in [0.3, 0.4) is 0 Å². The molecule has 0 aliphatic heterocycles. The second-order valence-electron chi connectivity index (χ2n) is 5.05. The summed E-state index contributed by atoms with van der Waals surface area (Å²) in [6.07, 6.45) is 6.28. The van der Waals surface area contributed by atoms with E-state index in [1.807, 2.05) is 0 Å². The first-order valence-electron chi connectivity index (χ1n) is 6.64. The minimum Gasteiger partial charge on any atom is -0.384 e. The molecule has 0 saturated heterocycles. The first kappa shape index (κ1) is 12.6. The molecule has 0 heterocycles. The van der Waals surface area contributed by atoms with Crippen LogP contribution in [0.25, 0.3) is 0 Å². The molecule has 2 N–H and O–H groups in total. The highest BCUT2D eigenvalue weighted by atomic mass is 16.5. The molecule has 17 heavy (non-hydrogen) atoms. The zero-order valence-corrected chi connectivity index (χ0v) is 10.7. The molecule has 1 fully saturated rings. The van der Waals surface area contributed by atoms with Gasteiger partial charge in [0.1, 0.15) is 0 Å². The van der Waals surface area contributed by atoms with Gasteiger partial charge in [-0.05, 0) is 36.3 Å². The summed E-state index contributed by atoms with van der Waals surface area (Å²) in [6.45, 7) is 0.786. The van der Waals surface area contributed by atoms with Crippen molar-refractivity contribution in [2.75, 3.05) is 13.7 Å². The van der Waals surface area contributed by atoms with Crippen LogP contribution in [0.1, 0.15) is 42.9 Å². The van der Waals surface area contributed by atoms with Crippen LogP contribution in [0.2, 0.25) is 0 Å². The second-order valence-corrected chi connectivity index (χ2v) is 5.05. The number of ether oxygens (including phenoxy) is 1. The van der Waals surface area contributed by atoms with Crippen LogP contribution in [-0.4, -0.2) is 13.7 Å². The quantitative estimate of drug-likeness (QED) is 0.848. The van der Waals surface area contributed by atoms with Gasteiger partial charge in [0.05, 0.1) is 6.61 Å². The SMILES string of the molecule is COCCc1ccc(C(N)C2CCCC2)cc1. The van der Waals surface area contributed by atoms with E-state index >= 15 is 0 Å². The standard InChI is InChI=1S/C15H23NO/c1-17-11-10-12-6-8-14(9-7-12)15(16)13-4-2-3-5-13/h6-9,13,15H,2-5,10-11,16H2,1H3. The Hall–Kier alpha value is -0.860. The lowest BCUT2D eigenvalue weighted by Gasteiger charge is -2.19. The number of rotatable bonds is 5. The molecule has 1 saturated carbocycles. The fourth-order valence-corrected chi connectivity index (χ4v) is 2.72. The summed E-state index contributed by atoms with van der Waals surface area (Å²) in [7, 11) is 1.74. The van der Waals surface area contributed by atoms with E-state index in [-0.39, 0.29) is 6.04 Å². The van der Waals surface area contributed by atoms with Gasteiger partial charge in [-0.1, -0.05) is 37.1 Å². The monoisotopic (exact) mass is 233 g/mol. The molecule has 0 amide bonds. The van der Waals surface area contributed by atoms with Gasteiger partial charge in [0.25, 0.3) is 0 Å². The fraction of sp³-hybridized carbons (Fsp3) is 0.600. The zero-order valence-electron chi connectivity index (χ0n) is 10.7. The van der Waals surface area contributed by atoms with E-state index in [0.29, 0.717) is 5.92 Å². The molecule has 1 unspecified atom stereocenters. The Bertz CT molecular complexity index is 327. The molecule has 0 bridgehead atoms. The Balaban J connectivity index is 1.96. The third kappa shape index (κ3) is 3.30. The van der Waals surface area contributed by atoms with E-state index in [2.05, 4.69) is 24.3 Å². The maximum Gasteiger partial charge on any atom is 0.0502 e. The largest absolute Gasteiger partial charge is 0.384 e. The average Bonchev–Trinajstić information content (AvgIpc) is 2.90. The smallest absolute Gasteiger partial charge is 0.0502 e. The third-order valence-corrected chi connectivity index (χ3v) is 3.87. The summed E-state index contributed by atoms with van der Waals surface area (Å²) in [5.74, 6) is 0.694. The van der Waals surface area contributed by atoms with Gasteiger partial charge in [0.2, 0.25) is 0 Å². The lowest BCUT2D eigenvalue weighted by molar-refractivity contribution is 0.202. The van der Waals surface area contributed by atoms with E-state index in [0.717, 1.165) is 13.0 Å². The highest BCUT2D eigenvalue weighted by molar-refractivity contribution is 5.25. The predicted octanol–water partition coefficient (Wildman–Crippen LogP) is 3.07. The molecule has 0 radical (unpaired) electrons. The molecule has 1 aliphatic rings. The molecule has 2 heteroatoms. The van der Waals surface area contributed by atoms with Crippen LogP contribution in [0.15, 0.2) is 24.3 Å². The van der Waals surface area contributed by atoms with Crippen molar-refractivity contribution in [1.29, 1.82) is 0 Å². The zero-order chi connectivity index (χ0) is 12.1. The Morgan fingerprint density at radius 1 is 1.24 bits per heavy atom. The first-order valence-corrected chi connectivity index (χ1v) is 6.64. The second kappa shape index (κ2) is 6.18. The molecular formula is C15H23NO. The third-order valence-electron chi connectivity index (χ3n) is 3.87. The van der Waals surface area contributed by atoms with Crippen LogP contribution in [-0.2, 0) is 11.2 Å². The van der Waals surface area contributed by atoms with Gasteiger partial charge in [-0.2, -0.15) is 0 Å². The number of hydrogen-bond acceptors (Lipinski definition) is 2. The number of nitrogens with two attached hydrogens (primary N) is 1. The molecule has 1 aromatic rings. The summed E-state index contributed by atoms with van der Waals surface area (Å²) in [6, 6.07) is 8.97. The van der Waals surface area contributed by atoms with E-state index < -0.39 is 0 Å². The van der Waals surface area contributed by atoms with E-state index in [9.17, 15) is 0 Å². The van der Waals surface area contributed by atoms with Gasteiger partial charge in [-0.15, -0.1) is 0 Å². The highest BCUT2D eigenvalue weighted by Crippen LogP contribution is 2.34. The van der Waals surface area contributed by atoms with Gasteiger partial charge in [0.15, 0.2) is 0 Å². The molecule has 0 spiro atoms. The Morgan fingerprint density at radius 2 is 1.88 bits per heavy atom. The molecule has 1 aromatic carbocycles. The van der Waals surface area contributed by atoms with Crippen molar-refractivity contribution in [3.63, 3.8) is 0 Å². The minimum absolute atomic E-state index is 0.231. The summed E-state index contributed by atoms with van der Waals surface area (Å²) in [4.78, 5) is 0. The number of benzene rings is 1. The summed E-state index contributed by atoms with van der Waals surface area (Å²) >= 11 is 0. The van der Waals surface area contributed by atoms with E-state index in [4.69, 9.17) is 10.5 Å². The molecule has 2 rings (SSSR count). The summed E-state index contributed by atoms with van der Waals surface area (Å²) in [5.41, 5.74) is 8.94. The number of methoxy groups -OCH3 is 1. The average molecular weight is 233 g/mol. The lowest BCUT2D eigenvalue weighted by atomic mass is 9.92.